The molecular weight excluding hydrogens is 321 g/mol. The number of halogens is 3. The normalized spacial score (nSPS) is 12.8. The van der Waals surface area contributed by atoms with Crippen LogP contribution in [0.2, 0.25) is 0 Å². The molecule has 0 fully saturated rings. The first-order chi connectivity index (χ1) is 11.4. The highest BCUT2D eigenvalue weighted by atomic mass is 19.4. The van der Waals surface area contributed by atoms with Crippen molar-refractivity contribution in [2.75, 3.05) is 0 Å². The van der Waals surface area contributed by atoms with Crippen molar-refractivity contribution in [1.82, 2.24) is 0 Å². The van der Waals surface area contributed by atoms with Crippen LogP contribution >= 0.6 is 0 Å². The molecule has 0 aliphatic heterocycles. The fourth-order valence-electron chi connectivity index (χ4n) is 1.86. The Hall–Kier alpha value is -2.76. The van der Waals surface area contributed by atoms with E-state index >= 15 is 0 Å². The van der Waals surface area contributed by atoms with E-state index in [2.05, 4.69) is 0 Å². The van der Waals surface area contributed by atoms with Crippen LogP contribution < -0.4 is 9.47 Å². The van der Waals surface area contributed by atoms with Crippen LogP contribution in [0.4, 0.5) is 13.2 Å². The van der Waals surface area contributed by atoms with Crippen LogP contribution in [-0.2, 0) is 11.0 Å². The van der Waals surface area contributed by atoms with Crippen LogP contribution in [-0.4, -0.2) is 12.4 Å². The summed E-state index contributed by atoms with van der Waals surface area (Å²) in [5.41, 5.74) is -0.729. The van der Waals surface area contributed by atoms with E-state index in [0.717, 1.165) is 12.1 Å². The lowest BCUT2D eigenvalue weighted by Crippen LogP contribution is -2.07. The molecule has 0 saturated carbocycles. The highest BCUT2D eigenvalue weighted by Gasteiger charge is 2.30. The van der Waals surface area contributed by atoms with Crippen LogP contribution in [0.5, 0.6) is 17.2 Å². The van der Waals surface area contributed by atoms with E-state index in [1.54, 1.807) is 43.6 Å². The van der Waals surface area contributed by atoms with Gasteiger partial charge in [0.2, 0.25) is 6.29 Å². The standard InChI is InChI=1S/C18H14F3O3/c1-13(3-2-12-22)23-15-8-10-17(11-9-15)24-16-6-4-14(5-7-16)18(19,20)21/h2-11,13H,1H3. The largest absolute Gasteiger partial charge is 0.487 e. The first kappa shape index (κ1) is 17.6. The Kier molecular flexibility index (Phi) is 5.63. The van der Waals surface area contributed by atoms with Gasteiger partial charge in [0.15, 0.2) is 0 Å². The smallest absolute Gasteiger partial charge is 0.416 e. The van der Waals surface area contributed by atoms with Crippen molar-refractivity contribution in [3.8, 4) is 17.2 Å². The summed E-state index contributed by atoms with van der Waals surface area (Å²) >= 11 is 0. The van der Waals surface area contributed by atoms with E-state index in [4.69, 9.17) is 9.47 Å². The fourth-order valence-corrected chi connectivity index (χ4v) is 1.86. The summed E-state index contributed by atoms with van der Waals surface area (Å²) in [6.45, 7) is 1.76. The van der Waals surface area contributed by atoms with Crippen LogP contribution in [0.15, 0.2) is 60.7 Å². The van der Waals surface area contributed by atoms with Crippen LogP contribution in [0, 0.1) is 0 Å². The maximum Gasteiger partial charge on any atom is 0.416 e. The van der Waals surface area contributed by atoms with Crippen LogP contribution in [0.1, 0.15) is 12.5 Å². The van der Waals surface area contributed by atoms with Crippen LogP contribution in [0.3, 0.4) is 0 Å². The lowest BCUT2D eigenvalue weighted by molar-refractivity contribution is -0.137. The van der Waals surface area contributed by atoms with Gasteiger partial charge in [-0.3, -0.25) is 4.79 Å². The quantitative estimate of drug-likeness (QED) is 0.702. The van der Waals surface area contributed by atoms with Crippen molar-refractivity contribution >= 4 is 6.29 Å². The van der Waals surface area contributed by atoms with E-state index in [-0.39, 0.29) is 6.10 Å². The minimum absolute atomic E-state index is 0.298. The van der Waals surface area contributed by atoms with Crippen molar-refractivity contribution in [2.45, 2.75) is 19.2 Å². The van der Waals surface area contributed by atoms with Gasteiger partial charge in [-0.1, -0.05) is 0 Å². The van der Waals surface area contributed by atoms with Gasteiger partial charge < -0.3 is 9.47 Å². The second-order valence-corrected chi connectivity index (χ2v) is 4.90. The summed E-state index contributed by atoms with van der Waals surface area (Å²) in [5.74, 6) is 1.33. The fraction of sp³-hybridized carbons (Fsp3) is 0.167. The van der Waals surface area contributed by atoms with Gasteiger partial charge in [-0.05, 0) is 67.6 Å². The molecule has 0 spiro atoms. The van der Waals surface area contributed by atoms with E-state index in [0.29, 0.717) is 17.2 Å². The van der Waals surface area contributed by atoms with E-state index in [1.807, 2.05) is 0 Å². The van der Waals surface area contributed by atoms with Crippen molar-refractivity contribution in [3.05, 3.63) is 66.2 Å². The molecule has 1 radical (unpaired) electrons. The maximum absolute atomic E-state index is 12.5. The SMILES string of the molecule is CC(C=C[C]=O)Oc1ccc(Oc2ccc(C(F)(F)F)cc2)cc1. The average molecular weight is 335 g/mol. The Labute approximate surface area is 137 Å². The predicted molar refractivity (Wildman–Crippen MR) is 82.9 cm³/mol. The molecule has 1 unspecified atom stereocenters. The molecule has 0 aliphatic carbocycles. The van der Waals surface area contributed by atoms with Crippen molar-refractivity contribution in [1.29, 1.82) is 0 Å². The summed E-state index contributed by atoms with van der Waals surface area (Å²) in [6, 6.07) is 11.0. The van der Waals surface area contributed by atoms with Gasteiger partial charge >= 0.3 is 6.18 Å². The Morgan fingerprint density at radius 1 is 0.958 bits per heavy atom. The molecule has 0 aliphatic rings. The molecule has 2 rings (SSSR count). The Bertz CT molecular complexity index is 689. The lowest BCUT2D eigenvalue weighted by atomic mass is 10.2. The Morgan fingerprint density at radius 3 is 1.96 bits per heavy atom. The molecule has 0 aromatic heterocycles. The summed E-state index contributed by atoms with van der Waals surface area (Å²) in [7, 11) is 0. The first-order valence-electron chi connectivity index (χ1n) is 7.04. The zero-order valence-electron chi connectivity index (χ0n) is 12.7. The number of ether oxygens (including phenoxy) is 2. The molecule has 6 heteroatoms. The topological polar surface area (TPSA) is 35.5 Å². The molecular formula is C18H14F3O3. The Balaban J connectivity index is 1.98. The molecule has 0 heterocycles. The number of alkyl halides is 3. The lowest BCUT2D eigenvalue weighted by Gasteiger charge is -2.12. The zero-order valence-corrected chi connectivity index (χ0v) is 12.7. The van der Waals surface area contributed by atoms with Gasteiger partial charge in [0.05, 0.1) is 5.56 Å². The second-order valence-electron chi connectivity index (χ2n) is 4.90. The number of rotatable bonds is 6. The highest BCUT2D eigenvalue weighted by Crippen LogP contribution is 2.31. The van der Waals surface area contributed by atoms with Crippen molar-refractivity contribution in [3.63, 3.8) is 0 Å². The van der Waals surface area contributed by atoms with Crippen molar-refractivity contribution < 1.29 is 27.4 Å². The Morgan fingerprint density at radius 2 is 1.46 bits per heavy atom. The van der Waals surface area contributed by atoms with Gasteiger partial charge in [-0.2, -0.15) is 13.2 Å². The summed E-state index contributed by atoms with van der Waals surface area (Å²) < 4.78 is 48.5. The highest BCUT2D eigenvalue weighted by molar-refractivity contribution is 5.65. The molecule has 0 amide bonds. The molecule has 0 bridgehead atoms. The van der Waals surface area contributed by atoms with Gasteiger partial charge in [-0.15, -0.1) is 0 Å². The summed E-state index contributed by atoms with van der Waals surface area (Å²) in [4.78, 5) is 10.1. The molecule has 0 N–H and O–H groups in total. The summed E-state index contributed by atoms with van der Waals surface area (Å²) in [6.07, 6.45) is -0.252. The molecule has 2 aromatic rings. The third kappa shape index (κ3) is 5.15. The summed E-state index contributed by atoms with van der Waals surface area (Å²) in [5, 5.41) is 0. The van der Waals surface area contributed by atoms with Crippen molar-refractivity contribution in [2.24, 2.45) is 0 Å². The second kappa shape index (κ2) is 7.68. The minimum atomic E-state index is -4.37. The van der Waals surface area contributed by atoms with Gasteiger partial charge in [-0.25, -0.2) is 0 Å². The van der Waals surface area contributed by atoms with Gasteiger partial charge in [0.1, 0.15) is 23.4 Å². The molecule has 0 saturated heterocycles. The molecule has 24 heavy (non-hydrogen) atoms. The molecule has 3 nitrogen and oxygen atoms in total. The first-order valence-corrected chi connectivity index (χ1v) is 7.04. The number of hydrogen-bond donors (Lipinski definition) is 0. The van der Waals surface area contributed by atoms with Gasteiger partial charge in [0, 0.05) is 0 Å². The van der Waals surface area contributed by atoms with E-state index in [9.17, 15) is 18.0 Å². The third-order valence-electron chi connectivity index (χ3n) is 3.00. The van der Waals surface area contributed by atoms with Crippen LogP contribution in [0.25, 0.3) is 0 Å². The predicted octanol–water partition coefficient (Wildman–Crippen LogP) is 4.93. The zero-order chi connectivity index (χ0) is 17.6. The average Bonchev–Trinajstić information content (AvgIpc) is 2.54. The van der Waals surface area contributed by atoms with Gasteiger partial charge in [0.25, 0.3) is 0 Å². The molecule has 125 valence electrons. The van der Waals surface area contributed by atoms with E-state index < -0.39 is 11.7 Å². The molecule has 2 aromatic carbocycles. The molecule has 1 atom stereocenters. The monoisotopic (exact) mass is 335 g/mol. The van der Waals surface area contributed by atoms with E-state index in [1.165, 1.54) is 18.2 Å². The maximum atomic E-state index is 12.5. The number of hydrogen-bond acceptors (Lipinski definition) is 3. The number of benzene rings is 2. The number of carbonyl (C=O) groups excluding carboxylic acids is 1. The third-order valence-corrected chi connectivity index (χ3v) is 3.00. The minimum Gasteiger partial charge on any atom is -0.487 e. The number of allylic oxidation sites excluding steroid dienone is 1.